The van der Waals surface area contributed by atoms with Crippen LogP contribution in [-0.2, 0) is 12.5 Å². The fraction of sp³-hybridized carbons (Fsp3) is 0.385. The van der Waals surface area contributed by atoms with E-state index < -0.39 is 12.7 Å². The monoisotopic (exact) mass is 373 g/mol. The zero-order chi connectivity index (χ0) is 22.9. The molecule has 0 amide bonds. The Morgan fingerprint density at radius 2 is 1.96 bits per heavy atom. The molecule has 2 heterocycles. The molecule has 1 atom stereocenters. The van der Waals surface area contributed by atoms with Gasteiger partial charge in [-0.2, -0.15) is 0 Å². The van der Waals surface area contributed by atoms with Crippen LogP contribution < -0.4 is 4.57 Å². The molecular formula is C26H29N2+. The zero-order valence-electron chi connectivity index (χ0n) is 20.8. The molecule has 2 aliphatic carbocycles. The van der Waals surface area contributed by atoms with Gasteiger partial charge in [-0.25, -0.2) is 4.57 Å². The minimum Gasteiger partial charge on any atom is -0.260 e. The Hall–Kier alpha value is -2.48. The van der Waals surface area contributed by atoms with Crippen molar-refractivity contribution in [2.24, 2.45) is 7.05 Å². The maximum Gasteiger partial charge on any atom is 0.212 e. The van der Waals surface area contributed by atoms with Crippen LogP contribution in [0.15, 0.2) is 48.8 Å². The Balaban J connectivity index is 1.72. The average Bonchev–Trinajstić information content (AvgIpc) is 3.33. The van der Waals surface area contributed by atoms with E-state index in [4.69, 9.17) is 10.5 Å². The third-order valence-electron chi connectivity index (χ3n) is 6.75. The van der Waals surface area contributed by atoms with Crippen molar-refractivity contribution in [1.29, 1.82) is 0 Å². The second kappa shape index (κ2) is 6.27. The van der Waals surface area contributed by atoms with Crippen LogP contribution in [-0.4, -0.2) is 4.98 Å². The van der Waals surface area contributed by atoms with Gasteiger partial charge < -0.3 is 0 Å². The van der Waals surface area contributed by atoms with Crippen molar-refractivity contribution < 1.29 is 10.1 Å². The minimum absolute atomic E-state index is 0.0206. The van der Waals surface area contributed by atoms with Gasteiger partial charge in [0.25, 0.3) is 0 Å². The van der Waals surface area contributed by atoms with Gasteiger partial charge in [-0.15, -0.1) is 0 Å². The molecule has 142 valence electrons. The fourth-order valence-corrected chi connectivity index (χ4v) is 5.29. The van der Waals surface area contributed by atoms with E-state index in [0.717, 1.165) is 29.7 Å². The topological polar surface area (TPSA) is 16.8 Å². The van der Waals surface area contributed by atoms with Gasteiger partial charge in [0.05, 0.1) is 5.69 Å². The van der Waals surface area contributed by atoms with Gasteiger partial charge in [0, 0.05) is 40.4 Å². The first-order valence-electron chi connectivity index (χ1n) is 12.2. The van der Waals surface area contributed by atoms with E-state index in [1.54, 1.807) is 6.07 Å². The molecule has 0 aliphatic heterocycles. The van der Waals surface area contributed by atoms with Crippen molar-refractivity contribution >= 4 is 0 Å². The lowest BCUT2D eigenvalue weighted by atomic mass is 9.78. The smallest absolute Gasteiger partial charge is 0.212 e. The van der Waals surface area contributed by atoms with E-state index in [2.05, 4.69) is 25.1 Å². The molecule has 2 nitrogen and oxygen atoms in total. The summed E-state index contributed by atoms with van der Waals surface area (Å²) in [5.41, 5.74) is 8.74. The molecular weight excluding hydrogens is 340 g/mol. The fourth-order valence-electron chi connectivity index (χ4n) is 5.29. The first-order valence-corrected chi connectivity index (χ1v) is 10.2. The molecule has 1 spiro atoms. The first-order chi connectivity index (χ1) is 15.1. The van der Waals surface area contributed by atoms with Gasteiger partial charge in [0.15, 0.2) is 6.20 Å². The highest BCUT2D eigenvalue weighted by Crippen LogP contribution is 2.56. The summed E-state index contributed by atoms with van der Waals surface area (Å²) >= 11 is 0. The number of aryl methyl sites for hydroxylation is 2. The number of pyridine rings is 2. The van der Waals surface area contributed by atoms with Crippen LogP contribution in [0, 0.1) is 6.92 Å². The number of aromatic nitrogens is 2. The van der Waals surface area contributed by atoms with Crippen molar-refractivity contribution in [3.05, 3.63) is 71.2 Å². The van der Waals surface area contributed by atoms with Gasteiger partial charge >= 0.3 is 0 Å². The zero-order valence-corrected chi connectivity index (χ0v) is 16.8. The lowest BCUT2D eigenvalue weighted by Crippen LogP contribution is -2.31. The van der Waals surface area contributed by atoms with E-state index in [1.165, 1.54) is 42.1 Å². The molecule has 5 rings (SSSR count). The molecule has 0 N–H and O–H groups in total. The highest BCUT2D eigenvalue weighted by molar-refractivity contribution is 5.83. The summed E-state index contributed by atoms with van der Waals surface area (Å²) in [6, 6.07) is 12.4. The molecule has 1 fully saturated rings. The van der Waals surface area contributed by atoms with Gasteiger partial charge in [0.2, 0.25) is 5.69 Å². The summed E-state index contributed by atoms with van der Waals surface area (Å²) in [7, 11) is 1.98. The van der Waals surface area contributed by atoms with Crippen molar-refractivity contribution in [3.63, 3.8) is 0 Å². The SMILES string of the molecule is [2H]C([2H])([2H])C([2H])(C)c1cc[n+](C)c(-c2cc3c(cc2C)-c2cccnc2C32CCCC2)c1. The Bertz CT molecular complexity index is 1220. The van der Waals surface area contributed by atoms with E-state index in [1.807, 2.05) is 36.1 Å². The number of fused-ring (bicyclic) bond motifs is 5. The van der Waals surface area contributed by atoms with Crippen LogP contribution in [0.5, 0.6) is 0 Å². The summed E-state index contributed by atoms with van der Waals surface area (Å²) < 4.78 is 34.2. The largest absolute Gasteiger partial charge is 0.260 e. The van der Waals surface area contributed by atoms with Gasteiger partial charge in [-0.05, 0) is 60.0 Å². The van der Waals surface area contributed by atoms with E-state index in [-0.39, 0.29) is 5.41 Å². The van der Waals surface area contributed by atoms with Crippen LogP contribution in [0.3, 0.4) is 0 Å². The third kappa shape index (κ3) is 2.40. The third-order valence-corrected chi connectivity index (χ3v) is 6.75. The molecule has 0 saturated heterocycles. The number of benzene rings is 1. The van der Waals surface area contributed by atoms with Crippen LogP contribution in [0.1, 0.15) is 73.2 Å². The Labute approximate surface area is 173 Å². The molecule has 3 aromatic rings. The van der Waals surface area contributed by atoms with Crippen molar-refractivity contribution in [2.75, 3.05) is 0 Å². The predicted octanol–water partition coefficient (Wildman–Crippen LogP) is 5.85. The predicted molar refractivity (Wildman–Crippen MR) is 114 cm³/mol. The minimum atomic E-state index is -2.40. The molecule has 2 aliphatic rings. The summed E-state index contributed by atoms with van der Waals surface area (Å²) in [5, 5.41) is 0. The number of hydrogen-bond acceptors (Lipinski definition) is 1. The Kier molecular flexibility index (Phi) is 3.06. The Morgan fingerprint density at radius 3 is 2.75 bits per heavy atom. The highest BCUT2D eigenvalue weighted by atomic mass is 14.9. The molecule has 1 saturated carbocycles. The second-order valence-electron chi connectivity index (χ2n) is 8.44. The van der Waals surface area contributed by atoms with Crippen molar-refractivity contribution in [2.45, 2.75) is 57.7 Å². The average molecular weight is 374 g/mol. The molecule has 1 aromatic carbocycles. The second-order valence-corrected chi connectivity index (χ2v) is 8.44. The highest BCUT2D eigenvalue weighted by Gasteiger charge is 2.46. The van der Waals surface area contributed by atoms with Crippen LogP contribution in [0.25, 0.3) is 22.4 Å². The quantitative estimate of drug-likeness (QED) is 0.515. The molecule has 2 aromatic heterocycles. The number of rotatable bonds is 2. The standard InChI is InChI=1S/C26H29N2/c1-17(2)19-9-13-28(4)24(15-19)21-16-23-22(14-18(21)3)20-8-7-12-27-25(20)26(23)10-5-6-11-26/h7-9,12-17H,5-6,10-11H2,1-4H3/q+1/i1D3,17D. The number of nitrogens with zero attached hydrogens (tertiary/aromatic N) is 2. The molecule has 0 bridgehead atoms. The first kappa shape index (κ1) is 13.7. The maximum atomic E-state index is 8.56. The summed E-state index contributed by atoms with van der Waals surface area (Å²) in [5.74, 6) is -1.67. The summed E-state index contributed by atoms with van der Waals surface area (Å²) in [6.07, 6.45) is 8.42. The lowest BCUT2D eigenvalue weighted by Gasteiger charge is -2.25. The van der Waals surface area contributed by atoms with E-state index in [9.17, 15) is 0 Å². The van der Waals surface area contributed by atoms with Crippen molar-refractivity contribution in [3.8, 4) is 22.4 Å². The van der Waals surface area contributed by atoms with Crippen molar-refractivity contribution in [1.82, 2.24) is 4.98 Å². The normalized spacial score (nSPS) is 21.2. The molecule has 2 heteroatoms. The number of hydrogen-bond donors (Lipinski definition) is 0. The molecule has 28 heavy (non-hydrogen) atoms. The summed E-state index contributed by atoms with van der Waals surface area (Å²) in [6.45, 7) is 1.19. The van der Waals surface area contributed by atoms with Gasteiger partial charge in [0.1, 0.15) is 7.05 Å². The van der Waals surface area contributed by atoms with Crippen LogP contribution >= 0.6 is 0 Å². The molecule has 0 radical (unpaired) electrons. The molecule has 1 unspecified atom stereocenters. The lowest BCUT2D eigenvalue weighted by molar-refractivity contribution is -0.660. The van der Waals surface area contributed by atoms with Gasteiger partial charge in [-0.3, -0.25) is 4.98 Å². The van der Waals surface area contributed by atoms with Crippen LogP contribution in [0.2, 0.25) is 0 Å². The summed E-state index contributed by atoms with van der Waals surface area (Å²) in [4.78, 5) is 4.84. The maximum absolute atomic E-state index is 8.56. The van der Waals surface area contributed by atoms with E-state index in [0.29, 0.717) is 5.56 Å². The van der Waals surface area contributed by atoms with E-state index >= 15 is 0 Å². The Morgan fingerprint density at radius 1 is 1.14 bits per heavy atom. The van der Waals surface area contributed by atoms with Crippen LogP contribution in [0.4, 0.5) is 0 Å². The van der Waals surface area contributed by atoms with Gasteiger partial charge in [-0.1, -0.05) is 38.8 Å².